The number of para-hydroxylation sites is 1. The van der Waals surface area contributed by atoms with Crippen LogP contribution in [-0.2, 0) is 0 Å². The van der Waals surface area contributed by atoms with Crippen molar-refractivity contribution in [2.24, 2.45) is 4.99 Å². The molecular weight excluding hydrogens is 403 g/mol. The van der Waals surface area contributed by atoms with Gasteiger partial charge in [0.1, 0.15) is 11.3 Å². The van der Waals surface area contributed by atoms with E-state index in [0.717, 1.165) is 48.7 Å². The van der Waals surface area contributed by atoms with Gasteiger partial charge in [-0.3, -0.25) is 9.98 Å². The maximum absolute atomic E-state index is 5.85. The Morgan fingerprint density at radius 1 is 1.13 bits per heavy atom. The van der Waals surface area contributed by atoms with Crippen molar-refractivity contribution in [1.82, 2.24) is 15.6 Å². The normalized spacial score (nSPS) is 9.83. The highest BCUT2D eigenvalue weighted by atomic mass is 127. The Morgan fingerprint density at radius 3 is 2.61 bits per heavy atom. The van der Waals surface area contributed by atoms with Crippen LogP contribution in [0.15, 0.2) is 41.5 Å². The molecule has 0 amide bonds. The standard InChI is InChI=1S/C17H24N4O.HI/c1-3-18-17(19-4-2)21-12-7-13-22-15-10-5-8-14-9-6-11-20-16(14)15;/h5-6,8-11H,3-4,7,12-13H2,1-2H3,(H2,18,19,21);1H. The van der Waals surface area contributed by atoms with Crippen molar-refractivity contribution in [2.45, 2.75) is 20.3 Å². The van der Waals surface area contributed by atoms with Crippen molar-refractivity contribution in [3.8, 4) is 5.75 Å². The van der Waals surface area contributed by atoms with Gasteiger partial charge in [0.15, 0.2) is 5.96 Å². The molecule has 0 unspecified atom stereocenters. The third-order valence-corrected chi connectivity index (χ3v) is 3.11. The van der Waals surface area contributed by atoms with Crippen LogP contribution in [0.1, 0.15) is 20.3 Å². The summed E-state index contributed by atoms with van der Waals surface area (Å²) in [7, 11) is 0. The lowest BCUT2D eigenvalue weighted by Gasteiger charge is -2.10. The number of rotatable bonds is 7. The van der Waals surface area contributed by atoms with E-state index in [1.54, 1.807) is 6.20 Å². The molecule has 0 atom stereocenters. The van der Waals surface area contributed by atoms with Crippen molar-refractivity contribution in [3.05, 3.63) is 36.5 Å². The predicted molar refractivity (Wildman–Crippen MR) is 107 cm³/mol. The minimum Gasteiger partial charge on any atom is -0.491 e. The number of hydrogen-bond acceptors (Lipinski definition) is 3. The second kappa shape index (κ2) is 11.0. The van der Waals surface area contributed by atoms with Gasteiger partial charge in [-0.15, -0.1) is 24.0 Å². The van der Waals surface area contributed by atoms with Crippen LogP contribution < -0.4 is 15.4 Å². The molecule has 0 saturated carbocycles. The number of guanidine groups is 1. The third kappa shape index (κ3) is 6.21. The first kappa shape index (κ1) is 19.5. The fourth-order valence-electron chi connectivity index (χ4n) is 2.14. The van der Waals surface area contributed by atoms with Crippen LogP contribution >= 0.6 is 24.0 Å². The molecule has 0 aliphatic carbocycles. The van der Waals surface area contributed by atoms with Crippen molar-refractivity contribution in [1.29, 1.82) is 0 Å². The topological polar surface area (TPSA) is 58.5 Å². The molecule has 6 heteroatoms. The molecule has 2 N–H and O–H groups in total. The maximum Gasteiger partial charge on any atom is 0.191 e. The fourth-order valence-corrected chi connectivity index (χ4v) is 2.14. The first-order valence-corrected chi connectivity index (χ1v) is 7.84. The molecule has 1 aromatic heterocycles. The highest BCUT2D eigenvalue weighted by Gasteiger charge is 2.02. The summed E-state index contributed by atoms with van der Waals surface area (Å²) in [5, 5.41) is 7.51. The summed E-state index contributed by atoms with van der Waals surface area (Å²) in [5.41, 5.74) is 0.912. The van der Waals surface area contributed by atoms with Crippen LogP contribution in [0.4, 0.5) is 0 Å². The van der Waals surface area contributed by atoms with Gasteiger partial charge in [0.25, 0.3) is 0 Å². The van der Waals surface area contributed by atoms with E-state index in [1.165, 1.54) is 0 Å². The average molecular weight is 428 g/mol. The van der Waals surface area contributed by atoms with Gasteiger partial charge in [-0.05, 0) is 26.0 Å². The number of pyridine rings is 1. The first-order valence-electron chi connectivity index (χ1n) is 7.84. The summed E-state index contributed by atoms with van der Waals surface area (Å²) < 4.78 is 5.85. The monoisotopic (exact) mass is 428 g/mol. The molecule has 5 nitrogen and oxygen atoms in total. The smallest absolute Gasteiger partial charge is 0.191 e. The summed E-state index contributed by atoms with van der Waals surface area (Å²) in [6.07, 6.45) is 2.65. The van der Waals surface area contributed by atoms with Gasteiger partial charge >= 0.3 is 0 Å². The Labute approximate surface area is 155 Å². The SMILES string of the molecule is CCNC(=NCCCOc1cccc2cccnc12)NCC.I. The number of nitrogens with one attached hydrogen (secondary N) is 2. The number of aromatic nitrogens is 1. The molecule has 2 rings (SSSR count). The molecule has 0 bridgehead atoms. The van der Waals surface area contributed by atoms with Crippen LogP contribution in [0.5, 0.6) is 5.75 Å². The number of fused-ring (bicyclic) bond motifs is 1. The Kier molecular flexibility index (Phi) is 9.35. The average Bonchev–Trinajstić information content (AvgIpc) is 2.55. The van der Waals surface area contributed by atoms with Gasteiger partial charge in [0.2, 0.25) is 0 Å². The largest absolute Gasteiger partial charge is 0.491 e. The van der Waals surface area contributed by atoms with Crippen LogP contribution in [0.2, 0.25) is 0 Å². The summed E-state index contributed by atoms with van der Waals surface area (Å²) in [6, 6.07) is 9.97. The summed E-state index contributed by atoms with van der Waals surface area (Å²) in [5.74, 6) is 1.69. The lowest BCUT2D eigenvalue weighted by Crippen LogP contribution is -2.37. The lowest BCUT2D eigenvalue weighted by molar-refractivity contribution is 0.316. The second-order valence-electron chi connectivity index (χ2n) is 4.82. The molecule has 0 aliphatic rings. The van der Waals surface area contributed by atoms with Crippen LogP contribution in [0.3, 0.4) is 0 Å². The summed E-state index contributed by atoms with van der Waals surface area (Å²) >= 11 is 0. The molecule has 0 radical (unpaired) electrons. The van der Waals surface area contributed by atoms with Gasteiger partial charge in [-0.1, -0.05) is 18.2 Å². The van der Waals surface area contributed by atoms with Crippen LogP contribution in [0.25, 0.3) is 10.9 Å². The lowest BCUT2D eigenvalue weighted by atomic mass is 10.2. The van der Waals surface area contributed by atoms with Crippen LogP contribution in [-0.4, -0.2) is 37.2 Å². The number of halogens is 1. The Bertz CT molecular complexity index is 605. The van der Waals surface area contributed by atoms with E-state index in [2.05, 4.69) is 34.5 Å². The van der Waals surface area contributed by atoms with E-state index in [9.17, 15) is 0 Å². The van der Waals surface area contributed by atoms with Crippen molar-refractivity contribution in [2.75, 3.05) is 26.2 Å². The van der Waals surface area contributed by atoms with Crippen molar-refractivity contribution >= 4 is 40.8 Å². The number of hydrogen-bond donors (Lipinski definition) is 2. The molecule has 0 saturated heterocycles. The molecule has 126 valence electrons. The fraction of sp³-hybridized carbons (Fsp3) is 0.412. The second-order valence-corrected chi connectivity index (χ2v) is 4.82. The van der Waals surface area contributed by atoms with E-state index in [0.29, 0.717) is 6.61 Å². The molecule has 23 heavy (non-hydrogen) atoms. The van der Waals surface area contributed by atoms with Gasteiger partial charge in [0.05, 0.1) is 6.61 Å². The molecule has 1 aromatic carbocycles. The highest BCUT2D eigenvalue weighted by Crippen LogP contribution is 2.22. The van der Waals surface area contributed by atoms with E-state index in [4.69, 9.17) is 4.74 Å². The minimum absolute atomic E-state index is 0. The Morgan fingerprint density at radius 2 is 1.87 bits per heavy atom. The molecule has 0 spiro atoms. The summed E-state index contributed by atoms with van der Waals surface area (Å²) in [6.45, 7) is 7.21. The molecule has 0 fully saturated rings. The van der Waals surface area contributed by atoms with Crippen molar-refractivity contribution in [3.63, 3.8) is 0 Å². The van der Waals surface area contributed by atoms with Gasteiger partial charge in [-0.25, -0.2) is 0 Å². The number of aliphatic imine (C=N–C) groups is 1. The van der Waals surface area contributed by atoms with E-state index in [1.807, 2.05) is 30.3 Å². The van der Waals surface area contributed by atoms with Gasteiger partial charge < -0.3 is 15.4 Å². The first-order chi connectivity index (χ1) is 10.8. The van der Waals surface area contributed by atoms with Gasteiger partial charge in [-0.2, -0.15) is 0 Å². The zero-order valence-corrected chi connectivity index (χ0v) is 16.0. The van der Waals surface area contributed by atoms with Crippen molar-refractivity contribution < 1.29 is 4.74 Å². The van der Waals surface area contributed by atoms with Gasteiger partial charge in [0, 0.05) is 37.6 Å². The minimum atomic E-state index is 0. The number of benzene rings is 1. The van der Waals surface area contributed by atoms with E-state index < -0.39 is 0 Å². The number of nitrogens with zero attached hydrogens (tertiary/aromatic N) is 2. The summed E-state index contributed by atoms with van der Waals surface area (Å²) in [4.78, 5) is 8.88. The molecular formula is C17H25IN4O. The predicted octanol–water partition coefficient (Wildman–Crippen LogP) is 3.20. The van der Waals surface area contributed by atoms with E-state index >= 15 is 0 Å². The highest BCUT2D eigenvalue weighted by molar-refractivity contribution is 14.0. The Balaban J connectivity index is 0.00000264. The van der Waals surface area contributed by atoms with E-state index in [-0.39, 0.29) is 24.0 Å². The number of ether oxygens (including phenoxy) is 1. The maximum atomic E-state index is 5.85. The molecule has 1 heterocycles. The molecule has 2 aromatic rings. The zero-order valence-electron chi connectivity index (χ0n) is 13.7. The quantitative estimate of drug-likeness (QED) is 0.308. The van der Waals surface area contributed by atoms with Crippen LogP contribution in [0, 0.1) is 0 Å². The zero-order chi connectivity index (χ0) is 15.6. The third-order valence-electron chi connectivity index (χ3n) is 3.11. The molecule has 0 aliphatic heterocycles. The Hall–Kier alpha value is -1.57.